The summed E-state index contributed by atoms with van der Waals surface area (Å²) < 4.78 is 10.9. The van der Waals surface area contributed by atoms with E-state index in [0.29, 0.717) is 6.61 Å². The molecule has 5 heteroatoms. The lowest BCUT2D eigenvalue weighted by Crippen LogP contribution is -2.02. The van der Waals surface area contributed by atoms with Crippen molar-refractivity contribution >= 4 is 43.6 Å². The molecule has 0 amide bonds. The van der Waals surface area contributed by atoms with Crippen molar-refractivity contribution in [2.75, 3.05) is 6.61 Å². The lowest BCUT2D eigenvalue weighted by molar-refractivity contribution is 0.304. The van der Waals surface area contributed by atoms with E-state index in [1.807, 2.05) is 18.6 Å². The molecule has 0 N–H and O–H groups in total. The molecule has 0 aliphatic rings. The Morgan fingerprint density at radius 2 is 1.62 bits per heavy atom. The van der Waals surface area contributed by atoms with Crippen LogP contribution in [0.2, 0.25) is 0 Å². The van der Waals surface area contributed by atoms with Gasteiger partial charge in [0.1, 0.15) is 5.75 Å². The highest BCUT2D eigenvalue weighted by Crippen LogP contribution is 2.33. The van der Waals surface area contributed by atoms with Crippen LogP contribution < -0.4 is 4.74 Å². The van der Waals surface area contributed by atoms with Crippen LogP contribution in [-0.2, 0) is 13.1 Å². The molecule has 0 saturated carbocycles. The predicted octanol–water partition coefficient (Wildman–Crippen LogP) is 6.88. The summed E-state index contributed by atoms with van der Waals surface area (Å²) in [5.41, 5.74) is 5.97. The van der Waals surface area contributed by atoms with Crippen molar-refractivity contribution < 1.29 is 4.74 Å². The third-order valence-electron chi connectivity index (χ3n) is 6.86. The number of nitrogens with zero attached hydrogens (tertiary/aromatic N) is 4. The summed E-state index contributed by atoms with van der Waals surface area (Å²) in [5, 5.41) is 5.08. The van der Waals surface area contributed by atoms with Gasteiger partial charge in [-0.2, -0.15) is 0 Å². The van der Waals surface area contributed by atoms with E-state index in [1.54, 1.807) is 0 Å². The number of unbranched alkanes of at least 4 members (excludes halogenated alkanes) is 1. The van der Waals surface area contributed by atoms with Crippen LogP contribution in [0.5, 0.6) is 5.75 Å². The Labute approximate surface area is 198 Å². The van der Waals surface area contributed by atoms with Gasteiger partial charge in [-0.25, -0.2) is 0 Å². The minimum atomic E-state index is 0.702. The van der Waals surface area contributed by atoms with E-state index in [-0.39, 0.29) is 0 Å². The van der Waals surface area contributed by atoms with Crippen LogP contribution in [0.25, 0.3) is 43.6 Å². The SMILES string of the molecule is CCn1c2cc(OCCCCn3c4ccccc4c4ccncc43)ccc2c2ccnc(C)c21. The fraction of sp³-hybridized carbons (Fsp3) is 0.241. The Morgan fingerprint density at radius 3 is 2.53 bits per heavy atom. The quantitative estimate of drug-likeness (QED) is 0.250. The number of para-hydroxylation sites is 1. The second kappa shape index (κ2) is 8.49. The average Bonchev–Trinajstić information content (AvgIpc) is 3.37. The third-order valence-corrected chi connectivity index (χ3v) is 6.86. The van der Waals surface area contributed by atoms with Crippen molar-refractivity contribution in [1.82, 2.24) is 19.1 Å². The first-order valence-electron chi connectivity index (χ1n) is 12.1. The van der Waals surface area contributed by atoms with Gasteiger partial charge in [0.15, 0.2) is 0 Å². The monoisotopic (exact) mass is 448 g/mol. The molecule has 4 aromatic heterocycles. The lowest BCUT2D eigenvalue weighted by atomic mass is 10.1. The van der Waals surface area contributed by atoms with Crippen molar-refractivity contribution in [2.45, 2.75) is 39.8 Å². The van der Waals surface area contributed by atoms with Crippen molar-refractivity contribution in [3.8, 4) is 5.75 Å². The van der Waals surface area contributed by atoms with Gasteiger partial charge in [-0.05, 0) is 57.0 Å². The van der Waals surface area contributed by atoms with Crippen LogP contribution >= 0.6 is 0 Å². The molecule has 0 saturated heterocycles. The summed E-state index contributed by atoms with van der Waals surface area (Å²) in [6.45, 7) is 6.83. The average molecular weight is 449 g/mol. The van der Waals surface area contributed by atoms with E-state index in [1.165, 1.54) is 43.6 Å². The van der Waals surface area contributed by atoms with E-state index < -0.39 is 0 Å². The molecule has 0 aliphatic heterocycles. The molecule has 0 radical (unpaired) electrons. The van der Waals surface area contributed by atoms with Crippen LogP contribution in [0.15, 0.2) is 73.2 Å². The van der Waals surface area contributed by atoms with Gasteiger partial charge in [0.05, 0.1) is 35.0 Å². The van der Waals surface area contributed by atoms with E-state index >= 15 is 0 Å². The molecule has 34 heavy (non-hydrogen) atoms. The highest BCUT2D eigenvalue weighted by molar-refractivity contribution is 6.09. The molecule has 0 aliphatic carbocycles. The number of pyridine rings is 2. The van der Waals surface area contributed by atoms with Crippen molar-refractivity contribution in [3.05, 3.63) is 78.9 Å². The van der Waals surface area contributed by atoms with Crippen molar-refractivity contribution in [3.63, 3.8) is 0 Å². The summed E-state index contributed by atoms with van der Waals surface area (Å²) in [6.07, 6.45) is 7.79. The van der Waals surface area contributed by atoms with Gasteiger partial charge in [0.2, 0.25) is 0 Å². The standard InChI is InChI=1S/C29H28N4O/c1-3-32-27-18-21(10-11-23(27)25-13-15-31-20(2)29(25)32)34-17-7-6-16-33-26-9-5-4-8-22(26)24-12-14-30-19-28(24)33/h4-5,8-15,18-19H,3,6-7,16-17H2,1-2H3. The zero-order valence-electron chi connectivity index (χ0n) is 19.7. The summed E-state index contributed by atoms with van der Waals surface area (Å²) >= 11 is 0. The maximum Gasteiger partial charge on any atom is 0.121 e. The van der Waals surface area contributed by atoms with Crippen LogP contribution in [0.3, 0.4) is 0 Å². The van der Waals surface area contributed by atoms with Gasteiger partial charge in [-0.1, -0.05) is 18.2 Å². The van der Waals surface area contributed by atoms with Gasteiger partial charge in [0, 0.05) is 58.6 Å². The molecular formula is C29H28N4O. The number of hydrogen-bond donors (Lipinski definition) is 0. The topological polar surface area (TPSA) is 44.9 Å². The number of fused-ring (bicyclic) bond motifs is 6. The van der Waals surface area contributed by atoms with Gasteiger partial charge >= 0.3 is 0 Å². The highest BCUT2D eigenvalue weighted by atomic mass is 16.5. The molecule has 4 heterocycles. The largest absolute Gasteiger partial charge is 0.494 e. The molecule has 6 rings (SSSR count). The molecule has 0 unspecified atom stereocenters. The van der Waals surface area contributed by atoms with Crippen LogP contribution in [0.4, 0.5) is 0 Å². The van der Waals surface area contributed by atoms with Gasteiger partial charge < -0.3 is 13.9 Å². The van der Waals surface area contributed by atoms with E-state index in [9.17, 15) is 0 Å². The first kappa shape index (κ1) is 20.7. The maximum absolute atomic E-state index is 6.18. The molecule has 0 bridgehead atoms. The molecule has 170 valence electrons. The second-order valence-electron chi connectivity index (χ2n) is 8.83. The molecule has 5 nitrogen and oxygen atoms in total. The first-order valence-corrected chi connectivity index (χ1v) is 12.1. The Bertz CT molecular complexity index is 1590. The molecule has 2 aromatic carbocycles. The van der Waals surface area contributed by atoms with E-state index in [2.05, 4.69) is 87.5 Å². The van der Waals surface area contributed by atoms with E-state index in [0.717, 1.165) is 37.4 Å². The third kappa shape index (κ3) is 3.31. The van der Waals surface area contributed by atoms with Crippen molar-refractivity contribution in [1.29, 1.82) is 0 Å². The normalized spacial score (nSPS) is 11.8. The number of rotatable bonds is 7. The minimum absolute atomic E-state index is 0.702. The Morgan fingerprint density at radius 1 is 0.794 bits per heavy atom. The molecule has 0 spiro atoms. The van der Waals surface area contributed by atoms with Crippen molar-refractivity contribution in [2.24, 2.45) is 0 Å². The smallest absolute Gasteiger partial charge is 0.121 e. The van der Waals surface area contributed by atoms with Crippen LogP contribution in [0, 0.1) is 6.92 Å². The lowest BCUT2D eigenvalue weighted by Gasteiger charge is -2.10. The number of aryl methyl sites for hydroxylation is 3. The maximum atomic E-state index is 6.18. The summed E-state index contributed by atoms with van der Waals surface area (Å²) in [5.74, 6) is 0.927. The van der Waals surface area contributed by atoms with Gasteiger partial charge in [0.25, 0.3) is 0 Å². The molecule has 6 aromatic rings. The number of aromatic nitrogens is 4. The fourth-order valence-corrected chi connectivity index (χ4v) is 5.32. The summed E-state index contributed by atoms with van der Waals surface area (Å²) in [4.78, 5) is 8.87. The summed E-state index contributed by atoms with van der Waals surface area (Å²) in [7, 11) is 0. The van der Waals surface area contributed by atoms with Crippen LogP contribution in [0.1, 0.15) is 25.5 Å². The minimum Gasteiger partial charge on any atom is -0.494 e. The second-order valence-corrected chi connectivity index (χ2v) is 8.83. The first-order chi connectivity index (χ1) is 16.8. The number of benzene rings is 2. The van der Waals surface area contributed by atoms with Gasteiger partial charge in [-0.15, -0.1) is 0 Å². The zero-order valence-corrected chi connectivity index (χ0v) is 19.7. The number of ether oxygens (including phenoxy) is 1. The Kier molecular flexibility index (Phi) is 5.17. The number of hydrogen-bond acceptors (Lipinski definition) is 3. The molecule has 0 fully saturated rings. The van der Waals surface area contributed by atoms with E-state index in [4.69, 9.17) is 4.74 Å². The highest BCUT2D eigenvalue weighted by Gasteiger charge is 2.13. The zero-order chi connectivity index (χ0) is 23.1. The predicted molar refractivity (Wildman–Crippen MR) is 140 cm³/mol. The Balaban J connectivity index is 1.17. The fourth-order valence-electron chi connectivity index (χ4n) is 5.32. The van der Waals surface area contributed by atoms with Gasteiger partial charge in [-0.3, -0.25) is 9.97 Å². The molecular weight excluding hydrogens is 420 g/mol. The Hall–Kier alpha value is -3.86. The summed E-state index contributed by atoms with van der Waals surface area (Å²) in [6, 6.07) is 19.3. The van der Waals surface area contributed by atoms with Crippen LogP contribution in [-0.4, -0.2) is 25.7 Å². The molecule has 0 atom stereocenters.